The highest BCUT2D eigenvalue weighted by Gasteiger charge is 2.38. The van der Waals surface area contributed by atoms with Crippen LogP contribution in [0.5, 0.6) is 0 Å². The van der Waals surface area contributed by atoms with Crippen LogP contribution in [-0.2, 0) is 4.79 Å². The maximum absolute atomic E-state index is 10.6. The Bertz CT molecular complexity index is 209. The molecule has 0 bridgehead atoms. The average Bonchev–Trinajstić information content (AvgIpc) is 1.80. The van der Waals surface area contributed by atoms with Crippen molar-refractivity contribution in [3.8, 4) is 0 Å². The zero-order valence-corrected chi connectivity index (χ0v) is 7.83. The molecule has 0 aliphatic rings. The van der Waals surface area contributed by atoms with Crippen LogP contribution in [0.4, 0.5) is 13.2 Å². The van der Waals surface area contributed by atoms with Crippen molar-refractivity contribution >= 4 is 5.97 Å². The van der Waals surface area contributed by atoms with Gasteiger partial charge in [0.25, 0.3) is 10.2 Å². The summed E-state index contributed by atoms with van der Waals surface area (Å²) in [4.78, 5) is 25.6. The lowest BCUT2D eigenvalue weighted by Gasteiger charge is -1.93. The van der Waals surface area contributed by atoms with Crippen molar-refractivity contribution in [3.05, 3.63) is 20.2 Å². The van der Waals surface area contributed by atoms with Gasteiger partial charge in [-0.25, -0.2) is 4.79 Å². The number of rotatable bonds is 0. The van der Waals surface area contributed by atoms with E-state index in [1.165, 1.54) is 0 Å². The van der Waals surface area contributed by atoms with E-state index >= 15 is 0 Å². The van der Waals surface area contributed by atoms with Crippen molar-refractivity contribution in [2.45, 2.75) is 6.18 Å². The van der Waals surface area contributed by atoms with E-state index in [1.807, 2.05) is 0 Å². The Morgan fingerprint density at radius 2 is 1.06 bits per heavy atom. The zero-order chi connectivity index (χ0) is 13.2. The highest BCUT2D eigenvalue weighted by atomic mass is 19.4. The Labute approximate surface area is 89.6 Å². The molecule has 17 heavy (non-hydrogen) atoms. The molecule has 0 aromatic heterocycles. The van der Waals surface area contributed by atoms with Crippen LogP contribution < -0.4 is 12.3 Å². The van der Waals surface area contributed by atoms with Gasteiger partial charge in [0.05, 0.1) is 0 Å². The number of aliphatic carboxylic acids is 1. The third kappa shape index (κ3) is 142. The monoisotopic (exact) mass is 274 g/mol. The van der Waals surface area contributed by atoms with Crippen molar-refractivity contribution in [3.63, 3.8) is 0 Å². The molecule has 15 heteroatoms. The highest BCUT2D eigenvalue weighted by molar-refractivity contribution is 5.73. The molecule has 0 atom stereocenters. The molecular formula is C2H9F3N4O8. The zero-order valence-electron chi connectivity index (χ0n) is 7.83. The van der Waals surface area contributed by atoms with Gasteiger partial charge in [-0.05, 0) is 0 Å². The third-order valence-electron chi connectivity index (χ3n) is 0.243. The lowest BCUT2D eigenvalue weighted by Crippen LogP contribution is -2.21. The minimum Gasteiger partial charge on any atom is -0.475 e. The van der Waals surface area contributed by atoms with E-state index < -0.39 is 22.3 Å². The molecule has 0 rings (SSSR count). The fraction of sp³-hybridized carbons (Fsp3) is 0.500. The van der Waals surface area contributed by atoms with Crippen molar-refractivity contribution in [2.24, 2.45) is 0 Å². The Balaban J connectivity index is -0.0000000425. The molecular weight excluding hydrogens is 265 g/mol. The smallest absolute Gasteiger partial charge is 0.475 e. The first-order valence-electron chi connectivity index (χ1n) is 2.37. The molecule has 0 aliphatic heterocycles. The maximum Gasteiger partial charge on any atom is 0.490 e. The molecule has 0 unspecified atom stereocenters. The Morgan fingerprint density at radius 3 is 1.06 bits per heavy atom. The number of hydrogen-bond donors (Lipinski definition) is 5. The number of carboxylic acids is 1. The predicted molar refractivity (Wildman–Crippen MR) is 41.3 cm³/mol. The SMILES string of the molecule is N.N.O=C(O)C(F)(F)F.O=[N+]([O-])O.O=[N+]([O-])O. The number of halogens is 3. The minimum absolute atomic E-state index is 0. The van der Waals surface area contributed by atoms with Gasteiger partial charge in [-0.15, -0.1) is 20.2 Å². The maximum atomic E-state index is 10.6. The normalized spacial score (nSPS) is 7.47. The molecule has 0 aliphatic carbocycles. The van der Waals surface area contributed by atoms with Crippen molar-refractivity contribution in [1.29, 1.82) is 0 Å². The van der Waals surface area contributed by atoms with Crippen LogP contribution in [0.3, 0.4) is 0 Å². The summed E-state index contributed by atoms with van der Waals surface area (Å²) in [6, 6.07) is 0. The molecule has 0 heterocycles. The molecule has 106 valence electrons. The van der Waals surface area contributed by atoms with Crippen LogP contribution in [-0.4, -0.2) is 37.8 Å². The fourth-order valence-electron chi connectivity index (χ4n) is 0. The summed E-state index contributed by atoms with van der Waals surface area (Å²) in [6.07, 6.45) is -5.08. The highest BCUT2D eigenvalue weighted by Crippen LogP contribution is 2.13. The van der Waals surface area contributed by atoms with Gasteiger partial charge >= 0.3 is 12.1 Å². The van der Waals surface area contributed by atoms with E-state index in [9.17, 15) is 13.2 Å². The third-order valence-corrected chi connectivity index (χ3v) is 0.243. The minimum atomic E-state index is -5.08. The Kier molecular flexibility index (Phi) is 23.4. The first-order valence-corrected chi connectivity index (χ1v) is 2.37. The van der Waals surface area contributed by atoms with Crippen LogP contribution in [0.15, 0.2) is 0 Å². The first kappa shape index (κ1) is 29.3. The topological polar surface area (TPSA) is 234 Å². The molecule has 0 fully saturated rings. The number of alkyl halides is 3. The van der Waals surface area contributed by atoms with Crippen molar-refractivity contribution < 1.29 is 43.7 Å². The second-order valence-corrected chi connectivity index (χ2v) is 1.28. The van der Waals surface area contributed by atoms with Gasteiger partial charge in [-0.2, -0.15) is 13.2 Å². The largest absolute Gasteiger partial charge is 0.490 e. The summed E-state index contributed by atoms with van der Waals surface area (Å²) in [7, 11) is 0. The van der Waals surface area contributed by atoms with Gasteiger partial charge < -0.3 is 27.8 Å². The number of hydrogen-bond acceptors (Lipinski definition) is 7. The summed E-state index contributed by atoms with van der Waals surface area (Å²) >= 11 is 0. The van der Waals surface area contributed by atoms with Crippen molar-refractivity contribution in [2.75, 3.05) is 0 Å². The summed E-state index contributed by atoms with van der Waals surface area (Å²) in [5.74, 6) is -2.76. The number of carbonyl (C=O) groups is 1. The van der Waals surface area contributed by atoms with Gasteiger partial charge in [-0.1, -0.05) is 0 Å². The van der Waals surface area contributed by atoms with Gasteiger partial charge in [0, 0.05) is 0 Å². The second-order valence-electron chi connectivity index (χ2n) is 1.28. The molecule has 12 nitrogen and oxygen atoms in total. The van der Waals surface area contributed by atoms with Crippen molar-refractivity contribution in [1.82, 2.24) is 12.3 Å². The number of carboxylic acid groups (broad SMARTS) is 1. The van der Waals surface area contributed by atoms with Crippen LogP contribution in [0.25, 0.3) is 0 Å². The van der Waals surface area contributed by atoms with Gasteiger partial charge in [-0.3, -0.25) is 0 Å². The van der Waals surface area contributed by atoms with Gasteiger partial charge in [0.2, 0.25) is 0 Å². The van der Waals surface area contributed by atoms with E-state index in [4.69, 9.17) is 40.5 Å². The number of nitrogens with zero attached hydrogens (tertiary/aromatic N) is 2. The molecule has 0 saturated heterocycles. The molecule has 0 amide bonds. The average molecular weight is 274 g/mol. The van der Waals surface area contributed by atoms with E-state index in [0.717, 1.165) is 0 Å². The Morgan fingerprint density at radius 1 is 1.00 bits per heavy atom. The van der Waals surface area contributed by atoms with Crippen LogP contribution in [0.2, 0.25) is 0 Å². The molecule has 0 radical (unpaired) electrons. The van der Waals surface area contributed by atoms with Gasteiger partial charge in [0.15, 0.2) is 0 Å². The molecule has 0 saturated carbocycles. The van der Waals surface area contributed by atoms with Gasteiger partial charge in [0.1, 0.15) is 0 Å². The van der Waals surface area contributed by atoms with Crippen LogP contribution >= 0.6 is 0 Å². The molecule has 0 aromatic rings. The molecule has 9 N–H and O–H groups in total. The van der Waals surface area contributed by atoms with E-state index in [-0.39, 0.29) is 12.3 Å². The first-order chi connectivity index (χ1) is 6.41. The van der Waals surface area contributed by atoms with E-state index in [2.05, 4.69) is 0 Å². The van der Waals surface area contributed by atoms with Crippen LogP contribution in [0, 0.1) is 20.2 Å². The fourth-order valence-corrected chi connectivity index (χ4v) is 0. The summed E-state index contributed by atoms with van der Waals surface area (Å²) in [5.41, 5.74) is 0. The van der Waals surface area contributed by atoms with E-state index in [1.54, 1.807) is 0 Å². The van der Waals surface area contributed by atoms with E-state index in [0.29, 0.717) is 0 Å². The summed E-state index contributed by atoms with van der Waals surface area (Å²) < 4.78 is 31.7. The molecule has 0 aromatic carbocycles. The second kappa shape index (κ2) is 13.6. The lowest BCUT2D eigenvalue weighted by molar-refractivity contribution is -0.742. The quantitative estimate of drug-likeness (QED) is 0.298. The summed E-state index contributed by atoms with van der Waals surface area (Å²) in [5, 5.41) is 34.4. The van der Waals surface area contributed by atoms with Crippen LogP contribution in [0.1, 0.15) is 0 Å². The summed E-state index contributed by atoms with van der Waals surface area (Å²) in [6.45, 7) is 0. The Hall–Kier alpha value is -2.42. The molecule has 0 spiro atoms. The predicted octanol–water partition coefficient (Wildman–Crippen LogP) is 0.262. The lowest BCUT2D eigenvalue weighted by atomic mass is 10.7. The standard InChI is InChI=1S/C2HF3O2.2HNO3.2H3N/c3-2(4,5)1(6)7;2*2-1(3)4;;/h(H,6,7);2*(H,2,3,4);2*1H3.